The highest BCUT2D eigenvalue weighted by Crippen LogP contribution is 2.28. The molecule has 1 saturated heterocycles. The largest absolute Gasteiger partial charge is 0.457 e. The van der Waals surface area contributed by atoms with Crippen LogP contribution in [0.15, 0.2) is 64.6 Å². The van der Waals surface area contributed by atoms with Crippen LogP contribution < -0.4 is 10.2 Å². The molecule has 0 atom stereocenters. The van der Waals surface area contributed by atoms with Gasteiger partial charge in [0, 0.05) is 10.6 Å². The Morgan fingerprint density at radius 1 is 0.967 bits per heavy atom. The number of benzene rings is 2. The Balaban J connectivity index is 1.67. The van der Waals surface area contributed by atoms with Gasteiger partial charge in [-0.05, 0) is 60.7 Å². The maximum atomic E-state index is 13.4. The molecule has 9 heteroatoms. The molecule has 6 nitrogen and oxygen atoms in total. The van der Waals surface area contributed by atoms with Gasteiger partial charge in [0.25, 0.3) is 11.8 Å². The SMILES string of the molecule is O=C1NC(=O)N(c2ccc(Cl)cc2)C(=O)/C1=C\c1ccc(-c2ccc(F)c(Cl)c2)o1. The summed E-state index contributed by atoms with van der Waals surface area (Å²) in [5.41, 5.74) is 0.479. The first-order chi connectivity index (χ1) is 14.3. The van der Waals surface area contributed by atoms with Crippen LogP contribution in [0.25, 0.3) is 17.4 Å². The van der Waals surface area contributed by atoms with Crippen molar-refractivity contribution in [1.29, 1.82) is 0 Å². The van der Waals surface area contributed by atoms with Gasteiger partial charge in [0.15, 0.2) is 0 Å². The van der Waals surface area contributed by atoms with E-state index in [9.17, 15) is 18.8 Å². The lowest BCUT2D eigenvalue weighted by molar-refractivity contribution is -0.122. The average Bonchev–Trinajstić information content (AvgIpc) is 3.17. The van der Waals surface area contributed by atoms with Crippen LogP contribution in [0, 0.1) is 5.82 Å². The molecule has 1 N–H and O–H groups in total. The lowest BCUT2D eigenvalue weighted by atomic mass is 10.1. The van der Waals surface area contributed by atoms with Crippen molar-refractivity contribution in [2.75, 3.05) is 4.90 Å². The summed E-state index contributed by atoms with van der Waals surface area (Å²) in [5.74, 6) is -1.68. The van der Waals surface area contributed by atoms with Gasteiger partial charge in [-0.2, -0.15) is 0 Å². The number of furan rings is 1. The fraction of sp³-hybridized carbons (Fsp3) is 0. The molecule has 1 aliphatic heterocycles. The molecule has 30 heavy (non-hydrogen) atoms. The van der Waals surface area contributed by atoms with Gasteiger partial charge in [0.2, 0.25) is 0 Å². The maximum absolute atomic E-state index is 13.4. The number of imide groups is 2. The third-order valence-electron chi connectivity index (χ3n) is 4.30. The van der Waals surface area contributed by atoms with E-state index in [0.717, 1.165) is 4.90 Å². The highest BCUT2D eigenvalue weighted by molar-refractivity contribution is 6.39. The highest BCUT2D eigenvalue weighted by Gasteiger charge is 2.37. The fourth-order valence-electron chi connectivity index (χ4n) is 2.86. The molecule has 0 radical (unpaired) electrons. The van der Waals surface area contributed by atoms with Crippen LogP contribution in [-0.2, 0) is 9.59 Å². The van der Waals surface area contributed by atoms with E-state index in [1.807, 2.05) is 0 Å². The predicted octanol–water partition coefficient (Wildman–Crippen LogP) is 5.06. The molecule has 3 aromatic rings. The number of nitrogens with one attached hydrogen (secondary N) is 1. The second-order valence-corrected chi connectivity index (χ2v) is 7.11. The fourth-order valence-corrected chi connectivity index (χ4v) is 3.17. The number of urea groups is 1. The third-order valence-corrected chi connectivity index (χ3v) is 4.85. The van der Waals surface area contributed by atoms with Crippen LogP contribution in [0.1, 0.15) is 5.76 Å². The Bertz CT molecular complexity index is 1220. The zero-order valence-electron chi connectivity index (χ0n) is 15.0. The number of hydrogen-bond donors (Lipinski definition) is 1. The van der Waals surface area contributed by atoms with Crippen molar-refractivity contribution in [2.45, 2.75) is 0 Å². The van der Waals surface area contributed by atoms with Crippen molar-refractivity contribution >= 4 is 52.8 Å². The summed E-state index contributed by atoms with van der Waals surface area (Å²) in [5, 5.41) is 2.48. The molecule has 4 rings (SSSR count). The van der Waals surface area contributed by atoms with Crippen molar-refractivity contribution in [1.82, 2.24) is 5.32 Å². The normalized spacial score (nSPS) is 15.6. The molecule has 4 amide bonds. The minimum Gasteiger partial charge on any atom is -0.457 e. The predicted molar refractivity (Wildman–Crippen MR) is 110 cm³/mol. The van der Waals surface area contributed by atoms with E-state index in [-0.39, 0.29) is 22.0 Å². The Morgan fingerprint density at radius 2 is 1.70 bits per heavy atom. The second kappa shape index (κ2) is 7.78. The zero-order chi connectivity index (χ0) is 21.4. The molecule has 1 aromatic heterocycles. The summed E-state index contributed by atoms with van der Waals surface area (Å²) >= 11 is 11.6. The molecule has 2 aromatic carbocycles. The van der Waals surface area contributed by atoms with Gasteiger partial charge in [-0.15, -0.1) is 0 Å². The first-order valence-corrected chi connectivity index (χ1v) is 9.31. The molecule has 2 heterocycles. The number of anilines is 1. The molecular formula is C21H11Cl2FN2O4. The Morgan fingerprint density at radius 3 is 2.40 bits per heavy atom. The van der Waals surface area contributed by atoms with Crippen LogP contribution in [0.3, 0.4) is 0 Å². The third kappa shape index (κ3) is 3.72. The summed E-state index contributed by atoms with van der Waals surface area (Å²) in [6, 6.07) is 12.3. The van der Waals surface area contributed by atoms with Crippen molar-refractivity contribution in [3.63, 3.8) is 0 Å². The smallest absolute Gasteiger partial charge is 0.335 e. The lowest BCUT2D eigenvalue weighted by Gasteiger charge is -2.26. The average molecular weight is 445 g/mol. The first kappa shape index (κ1) is 19.9. The van der Waals surface area contributed by atoms with Crippen LogP contribution in [0.4, 0.5) is 14.9 Å². The molecule has 0 unspecified atom stereocenters. The molecule has 0 saturated carbocycles. The maximum Gasteiger partial charge on any atom is 0.335 e. The number of halogens is 3. The Labute approximate surface area is 179 Å². The van der Waals surface area contributed by atoms with Gasteiger partial charge in [-0.3, -0.25) is 14.9 Å². The molecule has 1 fully saturated rings. The molecular weight excluding hydrogens is 434 g/mol. The van der Waals surface area contributed by atoms with E-state index in [2.05, 4.69) is 5.32 Å². The monoisotopic (exact) mass is 444 g/mol. The van der Waals surface area contributed by atoms with Gasteiger partial charge in [-0.1, -0.05) is 23.2 Å². The number of carbonyl (C=O) groups is 3. The summed E-state index contributed by atoms with van der Waals surface area (Å²) < 4.78 is 19.0. The molecule has 150 valence electrons. The second-order valence-electron chi connectivity index (χ2n) is 6.27. The Kier molecular flexibility index (Phi) is 5.15. The summed E-state index contributed by atoms with van der Waals surface area (Å²) in [6.07, 6.45) is 1.22. The molecule has 0 spiro atoms. The van der Waals surface area contributed by atoms with E-state index < -0.39 is 23.7 Å². The summed E-state index contributed by atoms with van der Waals surface area (Å²) in [6.45, 7) is 0. The van der Waals surface area contributed by atoms with E-state index in [4.69, 9.17) is 27.6 Å². The topological polar surface area (TPSA) is 79.6 Å². The summed E-state index contributed by atoms with van der Waals surface area (Å²) in [7, 11) is 0. The van der Waals surface area contributed by atoms with E-state index >= 15 is 0 Å². The van der Waals surface area contributed by atoms with Crippen molar-refractivity contribution in [3.05, 3.63) is 81.8 Å². The van der Waals surface area contributed by atoms with Crippen molar-refractivity contribution in [3.8, 4) is 11.3 Å². The minimum atomic E-state index is -0.870. The van der Waals surface area contributed by atoms with E-state index in [1.165, 1.54) is 54.6 Å². The van der Waals surface area contributed by atoms with Crippen LogP contribution in [-0.4, -0.2) is 17.8 Å². The van der Waals surface area contributed by atoms with Gasteiger partial charge >= 0.3 is 6.03 Å². The van der Waals surface area contributed by atoms with Gasteiger partial charge < -0.3 is 4.42 Å². The number of carbonyl (C=O) groups excluding carboxylic acids is 3. The highest BCUT2D eigenvalue weighted by atomic mass is 35.5. The summed E-state index contributed by atoms with van der Waals surface area (Å²) in [4.78, 5) is 38.1. The van der Waals surface area contributed by atoms with Gasteiger partial charge in [0.1, 0.15) is 22.9 Å². The Hall–Kier alpha value is -3.42. The quantitative estimate of drug-likeness (QED) is 0.452. The number of rotatable bonds is 3. The number of barbiturate groups is 1. The van der Waals surface area contributed by atoms with Gasteiger partial charge in [0.05, 0.1) is 10.7 Å². The molecule has 1 aliphatic rings. The number of nitrogens with zero attached hydrogens (tertiary/aromatic N) is 1. The van der Waals surface area contributed by atoms with Crippen LogP contribution >= 0.6 is 23.2 Å². The van der Waals surface area contributed by atoms with Crippen LogP contribution in [0.5, 0.6) is 0 Å². The van der Waals surface area contributed by atoms with Crippen LogP contribution in [0.2, 0.25) is 10.0 Å². The first-order valence-electron chi connectivity index (χ1n) is 8.56. The number of hydrogen-bond acceptors (Lipinski definition) is 4. The molecule has 0 aliphatic carbocycles. The van der Waals surface area contributed by atoms with Crippen molar-refractivity contribution in [2.24, 2.45) is 0 Å². The number of amides is 4. The van der Waals surface area contributed by atoms with E-state index in [0.29, 0.717) is 16.3 Å². The zero-order valence-corrected chi connectivity index (χ0v) is 16.5. The van der Waals surface area contributed by atoms with Crippen molar-refractivity contribution < 1.29 is 23.2 Å². The standard InChI is InChI=1S/C21H11Cl2FN2O4/c22-12-2-4-13(5-3-12)26-20(28)15(19(27)25-21(26)29)10-14-6-8-18(30-14)11-1-7-17(24)16(23)9-11/h1-10H,(H,25,27,29)/b15-10-. The van der Waals surface area contributed by atoms with Gasteiger partial charge in [-0.25, -0.2) is 14.1 Å². The minimum absolute atomic E-state index is 0.0669. The molecule has 0 bridgehead atoms. The lowest BCUT2D eigenvalue weighted by Crippen LogP contribution is -2.54. The van der Waals surface area contributed by atoms with E-state index in [1.54, 1.807) is 6.07 Å².